The summed E-state index contributed by atoms with van der Waals surface area (Å²) in [6.45, 7) is 3.40. The molecule has 2 N–H and O–H groups in total. The molecular formula is C13H16N4O. The normalized spacial score (nSPS) is 13.9. The van der Waals surface area contributed by atoms with Gasteiger partial charge in [0.15, 0.2) is 0 Å². The van der Waals surface area contributed by atoms with Crippen molar-refractivity contribution in [2.24, 2.45) is 0 Å². The van der Waals surface area contributed by atoms with Crippen LogP contribution in [0.5, 0.6) is 0 Å². The van der Waals surface area contributed by atoms with Gasteiger partial charge in [-0.25, -0.2) is 0 Å². The van der Waals surface area contributed by atoms with Crippen LogP contribution in [0.1, 0.15) is 40.7 Å². The second-order valence-electron chi connectivity index (χ2n) is 4.65. The molecule has 3 heterocycles. The molecule has 1 amide bonds. The number of aryl methyl sites for hydroxylation is 1. The van der Waals surface area contributed by atoms with Gasteiger partial charge >= 0.3 is 0 Å². The van der Waals surface area contributed by atoms with E-state index in [1.54, 1.807) is 6.20 Å². The van der Waals surface area contributed by atoms with Crippen LogP contribution in [0.25, 0.3) is 0 Å². The van der Waals surface area contributed by atoms with E-state index >= 15 is 0 Å². The summed E-state index contributed by atoms with van der Waals surface area (Å²) in [6, 6.07) is 1.87. The van der Waals surface area contributed by atoms with Gasteiger partial charge in [-0.1, -0.05) is 13.3 Å². The summed E-state index contributed by atoms with van der Waals surface area (Å²) in [5, 5.41) is 6.91. The number of hydrogen-bond donors (Lipinski definition) is 2. The number of rotatable bonds is 3. The van der Waals surface area contributed by atoms with Gasteiger partial charge in [0.1, 0.15) is 0 Å². The van der Waals surface area contributed by atoms with E-state index in [9.17, 15) is 4.79 Å². The molecule has 0 bridgehead atoms. The van der Waals surface area contributed by atoms with Gasteiger partial charge in [0.05, 0.1) is 24.0 Å². The van der Waals surface area contributed by atoms with E-state index in [4.69, 9.17) is 0 Å². The Bertz CT molecular complexity index is 549. The van der Waals surface area contributed by atoms with E-state index in [0.29, 0.717) is 13.1 Å². The molecule has 0 aliphatic carbocycles. The van der Waals surface area contributed by atoms with Gasteiger partial charge in [0.25, 0.3) is 5.91 Å². The Morgan fingerprint density at radius 3 is 3.17 bits per heavy atom. The third kappa shape index (κ3) is 1.72. The summed E-state index contributed by atoms with van der Waals surface area (Å²) in [6.07, 6.45) is 5.58. The molecule has 18 heavy (non-hydrogen) atoms. The Morgan fingerprint density at radius 1 is 1.50 bits per heavy atom. The second-order valence-corrected chi connectivity index (χ2v) is 4.65. The number of aromatic nitrogens is 3. The third-order valence-electron chi connectivity index (χ3n) is 3.37. The zero-order chi connectivity index (χ0) is 12.5. The number of nitrogens with zero attached hydrogens (tertiary/aromatic N) is 2. The summed E-state index contributed by atoms with van der Waals surface area (Å²) >= 11 is 0. The van der Waals surface area contributed by atoms with Crippen molar-refractivity contribution >= 4 is 5.91 Å². The minimum absolute atomic E-state index is 0.101. The van der Waals surface area contributed by atoms with Crippen LogP contribution in [-0.2, 0) is 19.5 Å². The summed E-state index contributed by atoms with van der Waals surface area (Å²) in [5.41, 5.74) is 4.01. The van der Waals surface area contributed by atoms with Gasteiger partial charge in [-0.05, 0) is 12.5 Å². The molecule has 1 aliphatic heterocycles. The first-order valence-electron chi connectivity index (χ1n) is 6.26. The van der Waals surface area contributed by atoms with E-state index in [1.165, 1.54) is 0 Å². The van der Waals surface area contributed by atoms with E-state index in [2.05, 4.69) is 22.1 Å². The van der Waals surface area contributed by atoms with E-state index in [-0.39, 0.29) is 5.91 Å². The maximum absolute atomic E-state index is 12.4. The van der Waals surface area contributed by atoms with Crippen molar-refractivity contribution in [3.63, 3.8) is 0 Å². The fraction of sp³-hybridized carbons (Fsp3) is 0.385. The Hall–Kier alpha value is -2.04. The number of H-pyrrole nitrogens is 2. The number of nitrogens with one attached hydrogen (secondary N) is 2. The predicted octanol–water partition coefficient (Wildman–Crippen LogP) is 1.85. The highest BCUT2D eigenvalue weighted by Crippen LogP contribution is 2.23. The summed E-state index contributed by atoms with van der Waals surface area (Å²) in [4.78, 5) is 17.5. The molecule has 0 unspecified atom stereocenters. The molecule has 5 nitrogen and oxygen atoms in total. The molecule has 0 saturated carbocycles. The molecule has 3 rings (SSSR count). The van der Waals surface area contributed by atoms with Gasteiger partial charge in [-0.15, -0.1) is 0 Å². The van der Waals surface area contributed by atoms with Crippen LogP contribution in [-0.4, -0.2) is 26.0 Å². The number of amides is 1. The van der Waals surface area contributed by atoms with E-state index in [1.807, 2.05) is 17.2 Å². The van der Waals surface area contributed by atoms with Crippen molar-refractivity contribution in [1.82, 2.24) is 20.1 Å². The van der Waals surface area contributed by atoms with Crippen molar-refractivity contribution < 1.29 is 4.79 Å². The van der Waals surface area contributed by atoms with Crippen LogP contribution in [0, 0.1) is 0 Å². The molecule has 0 radical (unpaired) electrons. The standard InChI is InChI=1S/C13H16N4O/c1-2-3-11-10(4-5-14-11)13(18)17-7-9-6-15-16-12(9)8-17/h4-6,14H,2-3,7-8H2,1H3,(H,15,16). The van der Waals surface area contributed by atoms with Crippen LogP contribution in [0.15, 0.2) is 18.5 Å². The van der Waals surface area contributed by atoms with E-state index < -0.39 is 0 Å². The number of carbonyl (C=O) groups is 1. The molecule has 2 aromatic rings. The van der Waals surface area contributed by atoms with Crippen molar-refractivity contribution in [2.75, 3.05) is 0 Å². The molecule has 94 valence electrons. The fourth-order valence-corrected chi connectivity index (χ4v) is 2.44. The maximum atomic E-state index is 12.4. The van der Waals surface area contributed by atoms with Gasteiger partial charge in [0, 0.05) is 24.0 Å². The lowest BCUT2D eigenvalue weighted by Crippen LogP contribution is -2.26. The topological polar surface area (TPSA) is 64.8 Å². The Balaban J connectivity index is 1.79. The molecule has 5 heteroatoms. The quantitative estimate of drug-likeness (QED) is 0.865. The lowest BCUT2D eigenvalue weighted by Gasteiger charge is -2.15. The van der Waals surface area contributed by atoms with Gasteiger partial charge < -0.3 is 9.88 Å². The molecular weight excluding hydrogens is 228 g/mol. The number of aromatic amines is 2. The fourth-order valence-electron chi connectivity index (χ4n) is 2.44. The molecule has 1 aliphatic rings. The van der Waals surface area contributed by atoms with Crippen LogP contribution in [0.3, 0.4) is 0 Å². The first kappa shape index (κ1) is 11.1. The monoisotopic (exact) mass is 244 g/mol. The van der Waals surface area contributed by atoms with Crippen molar-refractivity contribution in [2.45, 2.75) is 32.9 Å². The third-order valence-corrected chi connectivity index (χ3v) is 3.37. The Morgan fingerprint density at radius 2 is 2.39 bits per heavy atom. The van der Waals surface area contributed by atoms with Gasteiger partial charge in [0.2, 0.25) is 0 Å². The summed E-state index contributed by atoms with van der Waals surface area (Å²) in [7, 11) is 0. The smallest absolute Gasteiger partial charge is 0.256 e. The highest BCUT2D eigenvalue weighted by Gasteiger charge is 2.27. The highest BCUT2D eigenvalue weighted by atomic mass is 16.2. The van der Waals surface area contributed by atoms with Crippen molar-refractivity contribution in [3.8, 4) is 0 Å². The Labute approximate surface area is 105 Å². The average molecular weight is 244 g/mol. The van der Waals surface area contributed by atoms with Gasteiger partial charge in [-0.3, -0.25) is 9.89 Å². The minimum Gasteiger partial charge on any atom is -0.364 e. The summed E-state index contributed by atoms with van der Waals surface area (Å²) < 4.78 is 0. The van der Waals surface area contributed by atoms with Gasteiger partial charge in [-0.2, -0.15) is 5.10 Å². The number of carbonyl (C=O) groups excluding carboxylic acids is 1. The van der Waals surface area contributed by atoms with Crippen LogP contribution in [0.2, 0.25) is 0 Å². The van der Waals surface area contributed by atoms with Crippen molar-refractivity contribution in [1.29, 1.82) is 0 Å². The molecule has 0 saturated heterocycles. The lowest BCUT2D eigenvalue weighted by molar-refractivity contribution is 0.0748. The average Bonchev–Trinajstić information content (AvgIpc) is 3.02. The SMILES string of the molecule is CCCc1[nH]ccc1C(=O)N1Cc2cn[nH]c2C1. The van der Waals surface area contributed by atoms with Crippen molar-refractivity contribution in [3.05, 3.63) is 41.0 Å². The van der Waals surface area contributed by atoms with E-state index in [0.717, 1.165) is 35.4 Å². The number of fused-ring (bicyclic) bond motifs is 1. The predicted molar refractivity (Wildman–Crippen MR) is 67.0 cm³/mol. The highest BCUT2D eigenvalue weighted by molar-refractivity contribution is 5.95. The second kappa shape index (κ2) is 4.33. The Kier molecular flexibility index (Phi) is 2.66. The molecule has 0 aromatic carbocycles. The summed E-state index contributed by atoms with van der Waals surface area (Å²) in [5.74, 6) is 0.101. The van der Waals surface area contributed by atoms with Crippen LogP contribution >= 0.6 is 0 Å². The number of hydrogen-bond acceptors (Lipinski definition) is 2. The first-order valence-corrected chi connectivity index (χ1v) is 6.26. The zero-order valence-electron chi connectivity index (χ0n) is 10.4. The van der Waals surface area contributed by atoms with Crippen LogP contribution in [0.4, 0.5) is 0 Å². The zero-order valence-corrected chi connectivity index (χ0v) is 10.4. The minimum atomic E-state index is 0.101. The molecule has 0 fully saturated rings. The molecule has 2 aromatic heterocycles. The maximum Gasteiger partial charge on any atom is 0.256 e. The molecule has 0 atom stereocenters. The largest absolute Gasteiger partial charge is 0.364 e. The lowest BCUT2D eigenvalue weighted by atomic mass is 10.1. The molecule has 0 spiro atoms. The first-order chi connectivity index (χ1) is 8.79. The van der Waals surface area contributed by atoms with Crippen LogP contribution < -0.4 is 0 Å².